The molecule has 0 N–H and O–H groups in total. The van der Waals surface area contributed by atoms with Crippen LogP contribution in [0.3, 0.4) is 0 Å². The van der Waals surface area contributed by atoms with E-state index in [1.54, 1.807) is 18.2 Å². The predicted molar refractivity (Wildman–Crippen MR) is 82.8 cm³/mol. The first-order valence-corrected chi connectivity index (χ1v) is 8.20. The molecule has 0 radical (unpaired) electrons. The van der Waals surface area contributed by atoms with Crippen LogP contribution in [0.4, 0.5) is 10.1 Å². The number of rotatable bonds is 5. The second kappa shape index (κ2) is 6.46. The minimum Gasteiger partial charge on any atom is -0.279 e. The molecule has 0 spiro atoms. The molecule has 116 valence electrons. The zero-order chi connectivity index (χ0) is 16.3. The number of hydrogen-bond donors (Lipinski definition) is 0. The molecule has 0 saturated heterocycles. The van der Waals surface area contributed by atoms with Crippen molar-refractivity contribution in [1.29, 1.82) is 0 Å². The van der Waals surface area contributed by atoms with Crippen molar-refractivity contribution in [2.75, 3.05) is 4.31 Å². The molecule has 1 unspecified atom stereocenters. The lowest BCUT2D eigenvalue weighted by Gasteiger charge is -2.28. The fourth-order valence-electron chi connectivity index (χ4n) is 1.96. The van der Waals surface area contributed by atoms with E-state index in [9.17, 15) is 17.6 Å². The Morgan fingerprint density at radius 2 is 1.64 bits per heavy atom. The van der Waals surface area contributed by atoms with Gasteiger partial charge in [0.25, 0.3) is 10.0 Å². The summed E-state index contributed by atoms with van der Waals surface area (Å²) in [7, 11) is -4.01. The Kier molecular flexibility index (Phi) is 4.83. The number of benzene rings is 2. The maximum absolute atomic E-state index is 13.1. The van der Waals surface area contributed by atoms with Crippen molar-refractivity contribution in [2.24, 2.45) is 0 Å². The van der Waals surface area contributed by atoms with Gasteiger partial charge in [0, 0.05) is 0 Å². The molecule has 7 heteroatoms. The van der Waals surface area contributed by atoms with Crippen molar-refractivity contribution in [2.45, 2.75) is 17.9 Å². The molecule has 0 aliphatic rings. The average molecular weight is 342 g/mol. The Bertz CT molecular complexity index is 763. The molecule has 0 heterocycles. The van der Waals surface area contributed by atoms with E-state index in [2.05, 4.69) is 0 Å². The van der Waals surface area contributed by atoms with Gasteiger partial charge in [-0.1, -0.05) is 18.2 Å². The maximum Gasteiger partial charge on any atom is 0.265 e. The Labute approximate surface area is 133 Å². The highest BCUT2D eigenvalue weighted by molar-refractivity contribution is 7.93. The van der Waals surface area contributed by atoms with Crippen molar-refractivity contribution in [3.05, 3.63) is 60.4 Å². The van der Waals surface area contributed by atoms with Crippen LogP contribution in [-0.4, -0.2) is 19.7 Å². The summed E-state index contributed by atoms with van der Waals surface area (Å²) in [6.45, 7) is 1.37. The molecule has 0 bridgehead atoms. The van der Waals surface area contributed by atoms with Gasteiger partial charge in [0.05, 0.1) is 10.6 Å². The number of halogens is 2. The van der Waals surface area contributed by atoms with E-state index >= 15 is 0 Å². The van der Waals surface area contributed by atoms with Crippen LogP contribution in [0.15, 0.2) is 59.5 Å². The highest BCUT2D eigenvalue weighted by Gasteiger charge is 2.32. The summed E-state index contributed by atoms with van der Waals surface area (Å²) in [4.78, 5) is 11.5. The SMILES string of the molecule is CC(C(=O)Cl)N(c1ccc(F)cc1)S(=O)(=O)c1ccccc1. The monoisotopic (exact) mass is 341 g/mol. The molecule has 22 heavy (non-hydrogen) atoms. The first kappa shape index (κ1) is 16.5. The zero-order valence-corrected chi connectivity index (χ0v) is 13.2. The summed E-state index contributed by atoms with van der Waals surface area (Å²) in [5, 5.41) is -0.830. The quantitative estimate of drug-likeness (QED) is 0.785. The van der Waals surface area contributed by atoms with Gasteiger partial charge in [0.2, 0.25) is 5.24 Å². The van der Waals surface area contributed by atoms with Gasteiger partial charge in [-0.05, 0) is 54.9 Å². The van der Waals surface area contributed by atoms with Gasteiger partial charge in [0.1, 0.15) is 11.9 Å². The summed E-state index contributed by atoms with van der Waals surface area (Å²) >= 11 is 5.48. The molecule has 2 rings (SSSR count). The third-order valence-electron chi connectivity index (χ3n) is 3.06. The van der Waals surface area contributed by atoms with Gasteiger partial charge in [-0.2, -0.15) is 0 Å². The highest BCUT2D eigenvalue weighted by atomic mass is 35.5. The van der Waals surface area contributed by atoms with Crippen LogP contribution in [-0.2, 0) is 14.8 Å². The van der Waals surface area contributed by atoms with E-state index in [1.807, 2.05) is 0 Å². The second-order valence-electron chi connectivity index (χ2n) is 4.57. The largest absolute Gasteiger partial charge is 0.279 e. The lowest BCUT2D eigenvalue weighted by Crippen LogP contribution is -2.42. The molecule has 1 atom stereocenters. The van der Waals surface area contributed by atoms with E-state index in [-0.39, 0.29) is 10.6 Å². The summed E-state index contributed by atoms with van der Waals surface area (Å²) in [5.41, 5.74) is 0.159. The molecule has 0 aromatic heterocycles. The van der Waals surface area contributed by atoms with E-state index in [4.69, 9.17) is 11.6 Å². The topological polar surface area (TPSA) is 54.5 Å². The summed E-state index contributed by atoms with van der Waals surface area (Å²) in [6, 6.07) is 11.3. The van der Waals surface area contributed by atoms with Crippen molar-refractivity contribution in [1.82, 2.24) is 0 Å². The number of sulfonamides is 1. The molecule has 2 aromatic carbocycles. The minimum atomic E-state index is -4.01. The number of carbonyl (C=O) groups is 1. The van der Waals surface area contributed by atoms with Gasteiger partial charge >= 0.3 is 0 Å². The van der Waals surface area contributed by atoms with Gasteiger partial charge in [-0.25, -0.2) is 12.8 Å². The van der Waals surface area contributed by atoms with Crippen LogP contribution in [0.1, 0.15) is 6.92 Å². The van der Waals surface area contributed by atoms with Gasteiger partial charge in [0.15, 0.2) is 0 Å². The van der Waals surface area contributed by atoms with E-state index < -0.39 is 27.1 Å². The van der Waals surface area contributed by atoms with Crippen molar-refractivity contribution in [3.8, 4) is 0 Å². The molecule has 0 fully saturated rings. The normalized spacial score (nSPS) is 12.7. The van der Waals surface area contributed by atoms with Crippen LogP contribution < -0.4 is 4.31 Å². The molecule has 0 amide bonds. The molecule has 0 aliphatic carbocycles. The van der Waals surface area contributed by atoms with E-state index in [0.717, 1.165) is 16.4 Å². The Balaban J connectivity index is 2.59. The zero-order valence-electron chi connectivity index (χ0n) is 11.6. The van der Waals surface area contributed by atoms with Crippen LogP contribution in [0, 0.1) is 5.82 Å². The Morgan fingerprint density at radius 1 is 1.09 bits per heavy atom. The molecule has 0 aliphatic heterocycles. The van der Waals surface area contributed by atoms with Crippen LogP contribution in [0.25, 0.3) is 0 Å². The van der Waals surface area contributed by atoms with E-state index in [1.165, 1.54) is 31.2 Å². The van der Waals surface area contributed by atoms with Crippen LogP contribution in [0.2, 0.25) is 0 Å². The van der Waals surface area contributed by atoms with E-state index in [0.29, 0.717) is 0 Å². The van der Waals surface area contributed by atoms with Crippen LogP contribution >= 0.6 is 11.6 Å². The van der Waals surface area contributed by atoms with Gasteiger partial charge in [-0.15, -0.1) is 0 Å². The first-order valence-electron chi connectivity index (χ1n) is 6.38. The number of carbonyl (C=O) groups excluding carboxylic acids is 1. The maximum atomic E-state index is 13.1. The summed E-state index contributed by atoms with van der Waals surface area (Å²) < 4.78 is 39.5. The highest BCUT2D eigenvalue weighted by Crippen LogP contribution is 2.27. The third-order valence-corrected chi connectivity index (χ3v) is 5.29. The molecule has 0 saturated carbocycles. The molecular weight excluding hydrogens is 329 g/mol. The lowest BCUT2D eigenvalue weighted by atomic mass is 10.3. The number of hydrogen-bond acceptors (Lipinski definition) is 3. The third kappa shape index (κ3) is 3.28. The summed E-state index contributed by atoms with van der Waals surface area (Å²) in [6.07, 6.45) is 0. The Morgan fingerprint density at radius 3 is 2.14 bits per heavy atom. The van der Waals surface area contributed by atoms with Gasteiger partial charge < -0.3 is 0 Å². The molecular formula is C15H13ClFNO3S. The predicted octanol–water partition coefficient (Wildman–Crippen LogP) is 3.17. The fourth-order valence-corrected chi connectivity index (χ4v) is 3.75. The second-order valence-corrected chi connectivity index (χ2v) is 6.76. The van der Waals surface area contributed by atoms with Crippen molar-refractivity contribution >= 4 is 32.6 Å². The minimum absolute atomic E-state index is 0.0177. The van der Waals surface area contributed by atoms with Crippen molar-refractivity contribution < 1.29 is 17.6 Å². The first-order chi connectivity index (χ1) is 10.3. The van der Waals surface area contributed by atoms with Crippen molar-refractivity contribution in [3.63, 3.8) is 0 Å². The molecule has 4 nitrogen and oxygen atoms in total. The molecule has 2 aromatic rings. The van der Waals surface area contributed by atoms with Gasteiger partial charge in [-0.3, -0.25) is 9.10 Å². The Hall–Kier alpha value is -1.92. The van der Waals surface area contributed by atoms with Crippen LogP contribution in [0.5, 0.6) is 0 Å². The number of anilines is 1. The fraction of sp³-hybridized carbons (Fsp3) is 0.133. The lowest BCUT2D eigenvalue weighted by molar-refractivity contribution is -0.112. The summed E-state index contributed by atoms with van der Waals surface area (Å²) in [5.74, 6) is -0.509. The average Bonchev–Trinajstić information content (AvgIpc) is 2.50. The smallest absolute Gasteiger partial charge is 0.265 e. The number of nitrogens with zero attached hydrogens (tertiary/aromatic N) is 1. The standard InChI is InChI=1S/C15H13ClFNO3S/c1-11(15(16)19)18(13-9-7-12(17)8-10-13)22(20,21)14-5-3-2-4-6-14/h2-11H,1H3.